The molecule has 3 heterocycles. The van der Waals surface area contributed by atoms with Crippen LogP contribution in [0.2, 0.25) is 0 Å². The Morgan fingerprint density at radius 1 is 0.923 bits per heavy atom. The van der Waals surface area contributed by atoms with Crippen molar-refractivity contribution in [3.05, 3.63) is 23.8 Å². The maximum absolute atomic E-state index is 2.50. The van der Waals surface area contributed by atoms with Crippen molar-refractivity contribution >= 4 is 11.4 Å². The van der Waals surface area contributed by atoms with Gasteiger partial charge in [0.2, 0.25) is 0 Å². The van der Waals surface area contributed by atoms with E-state index in [1.54, 1.807) is 0 Å². The predicted octanol–water partition coefficient (Wildman–Crippen LogP) is 1.64. The zero-order chi connectivity index (χ0) is 8.84. The Hall–Kier alpha value is -1.18. The normalized spacial score (nSPS) is 19.2. The van der Waals surface area contributed by atoms with Crippen molar-refractivity contribution in [1.82, 2.24) is 0 Å². The van der Waals surface area contributed by atoms with Crippen molar-refractivity contribution in [2.24, 2.45) is 0 Å². The standard InChI is InChI=1S/C11H14N2/c1-9-2-3-10-11(8-9)13-6-4-12(10)5-7-13/h2-3,8H,4-7H2,1H3. The molecule has 0 aromatic heterocycles. The molecule has 1 aromatic rings. The van der Waals surface area contributed by atoms with E-state index in [1.165, 1.54) is 43.1 Å². The number of fused-ring (bicyclic) bond motifs is 2. The molecule has 0 saturated carbocycles. The second-order valence-corrected chi connectivity index (χ2v) is 3.97. The van der Waals surface area contributed by atoms with E-state index in [0.29, 0.717) is 0 Å². The summed E-state index contributed by atoms with van der Waals surface area (Å²) in [6.07, 6.45) is 0. The SMILES string of the molecule is Cc1ccc2c(c1)N1CCN2CC1. The van der Waals surface area contributed by atoms with E-state index >= 15 is 0 Å². The number of benzene rings is 1. The minimum Gasteiger partial charge on any atom is -0.366 e. The highest BCUT2D eigenvalue weighted by Crippen LogP contribution is 2.36. The van der Waals surface area contributed by atoms with Crippen LogP contribution in [0, 0.1) is 6.92 Å². The summed E-state index contributed by atoms with van der Waals surface area (Å²) in [6.45, 7) is 6.98. The summed E-state index contributed by atoms with van der Waals surface area (Å²) in [4.78, 5) is 5.00. The third-order valence-electron chi connectivity index (χ3n) is 3.09. The molecular weight excluding hydrogens is 160 g/mol. The van der Waals surface area contributed by atoms with Crippen LogP contribution in [0.3, 0.4) is 0 Å². The molecule has 0 N–H and O–H groups in total. The number of piperazine rings is 1. The lowest BCUT2D eigenvalue weighted by Crippen LogP contribution is -2.51. The summed E-state index contributed by atoms with van der Waals surface area (Å²) < 4.78 is 0. The molecule has 2 heteroatoms. The zero-order valence-corrected chi connectivity index (χ0v) is 7.95. The number of aryl methyl sites for hydroxylation is 1. The third kappa shape index (κ3) is 0.947. The molecule has 68 valence electrons. The molecule has 1 saturated heterocycles. The van der Waals surface area contributed by atoms with Crippen LogP contribution in [0.4, 0.5) is 11.4 Å². The van der Waals surface area contributed by atoms with Crippen LogP contribution >= 0.6 is 0 Å². The van der Waals surface area contributed by atoms with Gasteiger partial charge in [0.05, 0.1) is 11.4 Å². The Labute approximate surface area is 78.8 Å². The second kappa shape index (κ2) is 2.41. The minimum atomic E-state index is 1.20. The molecule has 4 rings (SSSR count). The first-order valence-electron chi connectivity index (χ1n) is 4.95. The first kappa shape index (κ1) is 7.25. The maximum atomic E-state index is 2.50. The molecule has 1 aromatic carbocycles. The largest absolute Gasteiger partial charge is 0.366 e. The van der Waals surface area contributed by atoms with Crippen molar-refractivity contribution in [2.45, 2.75) is 6.92 Å². The molecule has 0 atom stereocenters. The predicted molar refractivity (Wildman–Crippen MR) is 55.6 cm³/mol. The summed E-state index contributed by atoms with van der Waals surface area (Å²) >= 11 is 0. The fraction of sp³-hybridized carbons (Fsp3) is 0.455. The van der Waals surface area contributed by atoms with E-state index in [-0.39, 0.29) is 0 Å². The van der Waals surface area contributed by atoms with Crippen LogP contribution in [0.15, 0.2) is 18.2 Å². The summed E-state index contributed by atoms with van der Waals surface area (Å²) in [5.41, 5.74) is 4.24. The highest BCUT2D eigenvalue weighted by atomic mass is 15.3. The highest BCUT2D eigenvalue weighted by molar-refractivity contribution is 5.76. The van der Waals surface area contributed by atoms with E-state index in [1.807, 2.05) is 0 Å². The first-order chi connectivity index (χ1) is 6.34. The van der Waals surface area contributed by atoms with Crippen molar-refractivity contribution < 1.29 is 0 Å². The lowest BCUT2D eigenvalue weighted by molar-refractivity contribution is 0.624. The van der Waals surface area contributed by atoms with Gasteiger partial charge in [-0.25, -0.2) is 0 Å². The molecule has 0 aliphatic carbocycles. The van der Waals surface area contributed by atoms with Crippen molar-refractivity contribution in [3.8, 4) is 0 Å². The van der Waals surface area contributed by atoms with Crippen molar-refractivity contribution in [2.75, 3.05) is 36.0 Å². The number of anilines is 2. The summed E-state index contributed by atoms with van der Waals surface area (Å²) in [7, 11) is 0. The van der Waals surface area contributed by atoms with E-state index in [0.717, 1.165) is 0 Å². The van der Waals surface area contributed by atoms with Crippen LogP contribution in [-0.4, -0.2) is 26.2 Å². The Morgan fingerprint density at radius 3 is 2.23 bits per heavy atom. The van der Waals surface area contributed by atoms with Gasteiger partial charge in [0, 0.05) is 26.2 Å². The van der Waals surface area contributed by atoms with Gasteiger partial charge in [-0.15, -0.1) is 0 Å². The average Bonchev–Trinajstić information content (AvgIpc) is 2.19. The summed E-state index contributed by atoms with van der Waals surface area (Å²) in [5, 5.41) is 0. The van der Waals surface area contributed by atoms with Gasteiger partial charge in [-0.05, 0) is 24.6 Å². The van der Waals surface area contributed by atoms with Crippen LogP contribution < -0.4 is 9.80 Å². The Morgan fingerprint density at radius 2 is 1.54 bits per heavy atom. The topological polar surface area (TPSA) is 6.48 Å². The molecule has 13 heavy (non-hydrogen) atoms. The lowest BCUT2D eigenvalue weighted by atomic mass is 10.1. The quantitative estimate of drug-likeness (QED) is 0.590. The van der Waals surface area contributed by atoms with Gasteiger partial charge in [-0.2, -0.15) is 0 Å². The Balaban J connectivity index is 2.18. The summed E-state index contributed by atoms with van der Waals surface area (Å²) in [5.74, 6) is 0. The van der Waals surface area contributed by atoms with E-state index in [2.05, 4.69) is 34.9 Å². The van der Waals surface area contributed by atoms with Crippen LogP contribution in [0.1, 0.15) is 5.56 Å². The molecule has 3 aliphatic rings. The smallest absolute Gasteiger partial charge is 0.0608 e. The molecule has 0 unspecified atom stereocenters. The number of hydrogen-bond donors (Lipinski definition) is 0. The second-order valence-electron chi connectivity index (χ2n) is 3.97. The van der Waals surface area contributed by atoms with Crippen molar-refractivity contribution in [1.29, 1.82) is 0 Å². The fourth-order valence-corrected chi connectivity index (χ4v) is 2.34. The van der Waals surface area contributed by atoms with Crippen LogP contribution in [0.5, 0.6) is 0 Å². The van der Waals surface area contributed by atoms with Crippen molar-refractivity contribution in [3.63, 3.8) is 0 Å². The molecular formula is C11H14N2. The van der Waals surface area contributed by atoms with Gasteiger partial charge in [-0.1, -0.05) is 6.07 Å². The van der Waals surface area contributed by atoms with Gasteiger partial charge in [0.25, 0.3) is 0 Å². The lowest BCUT2D eigenvalue weighted by Gasteiger charge is -2.45. The van der Waals surface area contributed by atoms with Crippen LogP contribution in [0.25, 0.3) is 0 Å². The third-order valence-corrected chi connectivity index (χ3v) is 3.09. The van der Waals surface area contributed by atoms with Gasteiger partial charge in [-0.3, -0.25) is 0 Å². The van der Waals surface area contributed by atoms with Gasteiger partial charge < -0.3 is 9.80 Å². The number of hydrogen-bond acceptors (Lipinski definition) is 2. The zero-order valence-electron chi connectivity index (χ0n) is 7.95. The van der Waals surface area contributed by atoms with E-state index < -0.39 is 0 Å². The number of nitrogens with zero attached hydrogens (tertiary/aromatic N) is 2. The van der Waals surface area contributed by atoms with Gasteiger partial charge >= 0.3 is 0 Å². The molecule has 0 radical (unpaired) electrons. The van der Waals surface area contributed by atoms with Crippen LogP contribution in [-0.2, 0) is 0 Å². The fourth-order valence-electron chi connectivity index (χ4n) is 2.34. The van der Waals surface area contributed by atoms with Gasteiger partial charge in [0.1, 0.15) is 0 Å². The molecule has 2 nitrogen and oxygen atoms in total. The molecule has 1 fully saturated rings. The average molecular weight is 174 g/mol. The maximum Gasteiger partial charge on any atom is 0.0608 e. The number of rotatable bonds is 0. The van der Waals surface area contributed by atoms with E-state index in [4.69, 9.17) is 0 Å². The minimum absolute atomic E-state index is 1.20. The molecule has 2 bridgehead atoms. The highest BCUT2D eigenvalue weighted by Gasteiger charge is 2.27. The Bertz CT molecular complexity index is 338. The summed E-state index contributed by atoms with van der Waals surface area (Å²) in [6, 6.07) is 6.78. The Kier molecular flexibility index (Phi) is 1.34. The molecule has 0 amide bonds. The van der Waals surface area contributed by atoms with E-state index in [9.17, 15) is 0 Å². The monoisotopic (exact) mass is 174 g/mol. The molecule has 0 spiro atoms. The molecule has 3 aliphatic heterocycles. The first-order valence-corrected chi connectivity index (χ1v) is 4.95. The van der Waals surface area contributed by atoms with Gasteiger partial charge in [0.15, 0.2) is 0 Å².